The van der Waals surface area contributed by atoms with Gasteiger partial charge in [0.15, 0.2) is 17.3 Å². The smallest absolute Gasteiger partial charge is 0.176 e. The largest absolute Gasteiger partial charge is 0.503 e. The monoisotopic (exact) mass is 344 g/mol. The molecule has 1 aromatic carbocycles. The number of allylic oxidation sites excluding steroid dienone is 1. The van der Waals surface area contributed by atoms with E-state index in [2.05, 4.69) is 16.3 Å². The Bertz CT molecular complexity index is 836. The number of phenolic OH excluding ortho intramolecular Hbond substituents is 1. The van der Waals surface area contributed by atoms with Gasteiger partial charge in [0.1, 0.15) is 11.9 Å². The van der Waals surface area contributed by atoms with Gasteiger partial charge in [0.05, 0.1) is 17.7 Å². The van der Waals surface area contributed by atoms with E-state index < -0.39 is 0 Å². The molecule has 2 heterocycles. The Balaban J connectivity index is 2.04. The maximum Gasteiger partial charge on any atom is 0.176 e. The third kappa shape index (κ3) is 3.08. The second kappa shape index (κ2) is 6.93. The van der Waals surface area contributed by atoms with Crippen LogP contribution in [0.4, 0.5) is 0 Å². The molecule has 1 aromatic heterocycles. The molecule has 0 fully saturated rings. The highest BCUT2D eigenvalue weighted by Crippen LogP contribution is 2.36. The van der Waals surface area contributed by atoms with Gasteiger partial charge in [-0.3, -0.25) is 0 Å². The number of ether oxygens (including phenoxy) is 1. The number of hydrogen-bond acceptors (Lipinski definition) is 5. The Morgan fingerprint density at radius 1 is 1.38 bits per heavy atom. The molecule has 3 rings (SSSR count). The van der Waals surface area contributed by atoms with Crippen molar-refractivity contribution in [3.63, 3.8) is 0 Å². The normalized spacial score (nSPS) is 14.6. The van der Waals surface area contributed by atoms with Crippen LogP contribution in [0.15, 0.2) is 12.1 Å². The summed E-state index contributed by atoms with van der Waals surface area (Å²) in [4.78, 5) is 0. The van der Waals surface area contributed by atoms with Crippen molar-refractivity contribution in [2.45, 2.75) is 32.2 Å². The Labute approximate surface area is 145 Å². The van der Waals surface area contributed by atoms with Crippen molar-refractivity contribution in [3.8, 4) is 17.6 Å². The van der Waals surface area contributed by atoms with Crippen LogP contribution in [0.2, 0.25) is 5.02 Å². The van der Waals surface area contributed by atoms with Crippen LogP contribution in [-0.4, -0.2) is 27.0 Å². The zero-order chi connectivity index (χ0) is 17.1. The van der Waals surface area contributed by atoms with Crippen molar-refractivity contribution in [1.29, 1.82) is 5.26 Å². The van der Waals surface area contributed by atoms with Crippen LogP contribution >= 0.6 is 11.6 Å². The molecule has 0 spiro atoms. The Hall–Kier alpha value is -2.52. The van der Waals surface area contributed by atoms with Gasteiger partial charge in [-0.25, -0.2) is 0 Å². The predicted molar refractivity (Wildman–Crippen MR) is 90.7 cm³/mol. The van der Waals surface area contributed by atoms with Crippen LogP contribution < -0.4 is 4.74 Å². The molecule has 0 bridgehead atoms. The van der Waals surface area contributed by atoms with E-state index in [4.69, 9.17) is 16.3 Å². The van der Waals surface area contributed by atoms with Gasteiger partial charge in [-0.05, 0) is 36.6 Å². The van der Waals surface area contributed by atoms with Gasteiger partial charge in [0.25, 0.3) is 0 Å². The van der Waals surface area contributed by atoms with E-state index in [1.54, 1.807) is 18.2 Å². The molecule has 0 aliphatic carbocycles. The fraction of sp³-hybridized carbons (Fsp3) is 0.353. The molecule has 1 aliphatic rings. The molecule has 24 heavy (non-hydrogen) atoms. The van der Waals surface area contributed by atoms with E-state index in [1.165, 1.54) is 7.11 Å². The quantitative estimate of drug-likeness (QED) is 0.862. The zero-order valence-electron chi connectivity index (χ0n) is 13.3. The van der Waals surface area contributed by atoms with E-state index in [0.29, 0.717) is 17.0 Å². The highest BCUT2D eigenvalue weighted by atomic mass is 35.5. The van der Waals surface area contributed by atoms with Crippen molar-refractivity contribution in [2.24, 2.45) is 0 Å². The topological polar surface area (TPSA) is 84.0 Å². The fourth-order valence-electron chi connectivity index (χ4n) is 2.83. The van der Waals surface area contributed by atoms with E-state index in [9.17, 15) is 10.4 Å². The predicted octanol–water partition coefficient (Wildman–Crippen LogP) is 3.44. The maximum absolute atomic E-state index is 9.82. The number of methoxy groups -OCH3 is 1. The Morgan fingerprint density at radius 2 is 2.21 bits per heavy atom. The molecule has 0 amide bonds. The lowest BCUT2D eigenvalue weighted by atomic mass is 10.1. The fourth-order valence-corrected chi connectivity index (χ4v) is 3.05. The number of aromatic hydroxyl groups is 1. The van der Waals surface area contributed by atoms with Crippen molar-refractivity contribution in [3.05, 3.63) is 34.4 Å². The van der Waals surface area contributed by atoms with Crippen LogP contribution in [0.1, 0.15) is 36.5 Å². The molecule has 1 aliphatic heterocycles. The number of fused-ring (bicyclic) bond motifs is 1. The van der Waals surface area contributed by atoms with Crippen LogP contribution in [0.25, 0.3) is 11.6 Å². The van der Waals surface area contributed by atoms with E-state index in [-0.39, 0.29) is 16.5 Å². The number of hydrogen-bond donors (Lipinski definition) is 1. The highest BCUT2D eigenvalue weighted by Gasteiger charge is 2.18. The maximum atomic E-state index is 9.82. The molecule has 0 saturated carbocycles. The summed E-state index contributed by atoms with van der Waals surface area (Å²) in [7, 11) is 1.45. The SMILES string of the molecule is COc1cc(/C=C(\C#N)c2nnc3n2CCCCC3)cc(Cl)c1O. The van der Waals surface area contributed by atoms with Gasteiger partial charge in [-0.15, -0.1) is 10.2 Å². The van der Waals surface area contributed by atoms with Gasteiger partial charge in [-0.1, -0.05) is 18.0 Å². The number of halogens is 1. The minimum absolute atomic E-state index is 0.119. The molecule has 124 valence electrons. The summed E-state index contributed by atoms with van der Waals surface area (Å²) < 4.78 is 7.11. The third-order valence-electron chi connectivity index (χ3n) is 4.05. The summed E-state index contributed by atoms with van der Waals surface area (Å²) in [5.41, 5.74) is 1.05. The van der Waals surface area contributed by atoms with Crippen molar-refractivity contribution >= 4 is 23.3 Å². The summed E-state index contributed by atoms with van der Waals surface area (Å²) in [6.07, 6.45) is 5.85. The first-order valence-electron chi connectivity index (χ1n) is 7.74. The average Bonchev–Trinajstić information content (AvgIpc) is 2.83. The molecule has 1 N–H and O–H groups in total. The van der Waals surface area contributed by atoms with Gasteiger partial charge in [-0.2, -0.15) is 5.26 Å². The van der Waals surface area contributed by atoms with Crippen LogP contribution in [0, 0.1) is 11.3 Å². The number of benzene rings is 1. The number of phenols is 1. The zero-order valence-corrected chi connectivity index (χ0v) is 14.0. The molecular weight excluding hydrogens is 328 g/mol. The lowest BCUT2D eigenvalue weighted by molar-refractivity contribution is 0.373. The molecule has 0 saturated heterocycles. The highest BCUT2D eigenvalue weighted by molar-refractivity contribution is 6.32. The number of rotatable bonds is 3. The first-order chi connectivity index (χ1) is 11.6. The summed E-state index contributed by atoms with van der Waals surface area (Å²) in [5, 5.41) is 28.0. The summed E-state index contributed by atoms with van der Waals surface area (Å²) in [5.74, 6) is 1.62. The second-order valence-corrected chi connectivity index (χ2v) is 6.03. The van der Waals surface area contributed by atoms with Crippen molar-refractivity contribution < 1.29 is 9.84 Å². The third-order valence-corrected chi connectivity index (χ3v) is 4.34. The Morgan fingerprint density at radius 3 is 2.96 bits per heavy atom. The molecule has 7 heteroatoms. The minimum Gasteiger partial charge on any atom is -0.503 e. The minimum atomic E-state index is -0.119. The number of nitrogens with zero attached hydrogens (tertiary/aromatic N) is 4. The summed E-state index contributed by atoms with van der Waals surface area (Å²) in [6.45, 7) is 0.816. The molecule has 2 aromatic rings. The van der Waals surface area contributed by atoms with E-state index in [0.717, 1.165) is 38.1 Å². The standard InChI is InChI=1S/C17H17ClN4O2/c1-24-14-9-11(8-13(18)16(14)23)7-12(10-19)17-21-20-15-5-3-2-4-6-22(15)17/h7-9,23H,2-6H2,1H3/b12-7+. The Kier molecular flexibility index (Phi) is 4.72. The molecule has 0 unspecified atom stereocenters. The number of nitriles is 1. The number of aryl methyl sites for hydroxylation is 1. The average molecular weight is 345 g/mol. The molecule has 0 atom stereocenters. The second-order valence-electron chi connectivity index (χ2n) is 5.63. The van der Waals surface area contributed by atoms with Gasteiger partial charge in [0, 0.05) is 13.0 Å². The van der Waals surface area contributed by atoms with Gasteiger partial charge in [0.2, 0.25) is 0 Å². The molecular formula is C17H17ClN4O2. The van der Waals surface area contributed by atoms with Gasteiger partial charge < -0.3 is 14.4 Å². The summed E-state index contributed by atoms with van der Waals surface area (Å²) >= 11 is 6.01. The lowest BCUT2D eigenvalue weighted by Crippen LogP contribution is -2.05. The first kappa shape index (κ1) is 16.3. The van der Waals surface area contributed by atoms with Crippen molar-refractivity contribution in [1.82, 2.24) is 14.8 Å². The number of aromatic nitrogens is 3. The van der Waals surface area contributed by atoms with Crippen LogP contribution in [0.3, 0.4) is 0 Å². The molecule has 0 radical (unpaired) electrons. The van der Waals surface area contributed by atoms with E-state index in [1.807, 2.05) is 4.57 Å². The molecule has 6 nitrogen and oxygen atoms in total. The lowest BCUT2D eigenvalue weighted by Gasteiger charge is -2.08. The van der Waals surface area contributed by atoms with Crippen LogP contribution in [-0.2, 0) is 13.0 Å². The van der Waals surface area contributed by atoms with E-state index >= 15 is 0 Å². The van der Waals surface area contributed by atoms with Gasteiger partial charge >= 0.3 is 0 Å². The first-order valence-corrected chi connectivity index (χ1v) is 8.12. The van der Waals surface area contributed by atoms with Crippen molar-refractivity contribution in [2.75, 3.05) is 7.11 Å². The summed E-state index contributed by atoms with van der Waals surface area (Å²) in [6, 6.07) is 5.39. The van der Waals surface area contributed by atoms with Crippen LogP contribution in [0.5, 0.6) is 11.5 Å².